The summed E-state index contributed by atoms with van der Waals surface area (Å²) in [6.45, 7) is 4.99. The third kappa shape index (κ3) is 4.81. The van der Waals surface area contributed by atoms with E-state index in [2.05, 4.69) is 10.1 Å². The molecular weight excluding hydrogens is 366 g/mol. The number of rotatable bonds is 6. The topological polar surface area (TPSA) is 101 Å². The fraction of sp³-hybridized carbons (Fsp3) is 0.316. The minimum absolute atomic E-state index is 0.252. The van der Waals surface area contributed by atoms with E-state index in [9.17, 15) is 15.1 Å². The van der Waals surface area contributed by atoms with Gasteiger partial charge in [-0.1, -0.05) is 0 Å². The van der Waals surface area contributed by atoms with Crippen LogP contribution in [0, 0.1) is 0 Å². The van der Waals surface area contributed by atoms with Crippen molar-refractivity contribution in [1.82, 2.24) is 0 Å². The molecule has 0 aliphatic heterocycles. The zero-order valence-corrected chi connectivity index (χ0v) is 16.6. The lowest BCUT2D eigenvalue weighted by molar-refractivity contribution is -0.150. The van der Waals surface area contributed by atoms with Gasteiger partial charge in [0.25, 0.3) is 5.78 Å². The maximum atomic E-state index is 12.8. The van der Waals surface area contributed by atoms with E-state index in [0.717, 1.165) is 16.2 Å². The summed E-state index contributed by atoms with van der Waals surface area (Å²) < 4.78 is 10.3. The van der Waals surface area contributed by atoms with E-state index in [1.807, 2.05) is 24.3 Å². The minimum atomic E-state index is -0.976. The molecule has 0 fully saturated rings. The zero-order valence-electron chi connectivity index (χ0n) is 15.8. The van der Waals surface area contributed by atoms with Gasteiger partial charge in [0.05, 0.1) is 12.8 Å². The maximum absolute atomic E-state index is 12.8. The molecule has 2 rings (SSSR count). The van der Waals surface area contributed by atoms with Crippen molar-refractivity contribution in [3.63, 3.8) is 0 Å². The molecule has 1 aromatic carbocycles. The molecule has 0 spiro atoms. The first kappa shape index (κ1) is 20.4. The van der Waals surface area contributed by atoms with Gasteiger partial charge < -0.3 is 20.3 Å². The highest BCUT2D eigenvalue weighted by Crippen LogP contribution is 2.35. The molecule has 1 N–H and O–H groups in total. The van der Waals surface area contributed by atoms with E-state index in [1.54, 1.807) is 41.0 Å². The predicted octanol–water partition coefficient (Wildman–Crippen LogP) is 3.66. The lowest BCUT2D eigenvalue weighted by Crippen LogP contribution is -2.33. The number of thiophene rings is 1. The van der Waals surface area contributed by atoms with Crippen LogP contribution in [-0.4, -0.2) is 42.0 Å². The number of esters is 1. The molecule has 0 aliphatic rings. The first-order chi connectivity index (χ1) is 12.7. The predicted molar refractivity (Wildman–Crippen MR) is 105 cm³/mol. The van der Waals surface area contributed by atoms with Gasteiger partial charge in [-0.3, -0.25) is 4.79 Å². The van der Waals surface area contributed by atoms with Crippen molar-refractivity contribution in [1.29, 1.82) is 0 Å². The Kier molecular flexibility index (Phi) is 6.15. The second kappa shape index (κ2) is 8.16. The van der Waals surface area contributed by atoms with Crippen molar-refractivity contribution in [2.75, 3.05) is 19.5 Å². The van der Waals surface area contributed by atoms with Gasteiger partial charge >= 0.3 is 11.7 Å². The SMILES string of the molecule is CNc1cc(-c2ccc(OC)cc2)sc1C(=O)C(=[N+]=[N-])C(=O)OC(C)(C)C. The molecule has 0 radical (unpaired) electrons. The van der Waals surface area contributed by atoms with Crippen molar-refractivity contribution in [2.24, 2.45) is 0 Å². The molecule has 0 bridgehead atoms. The number of ketones is 1. The van der Waals surface area contributed by atoms with E-state index in [1.165, 1.54) is 11.3 Å². The van der Waals surface area contributed by atoms with E-state index < -0.39 is 23.1 Å². The van der Waals surface area contributed by atoms with Crippen LogP contribution in [0.25, 0.3) is 16.0 Å². The number of benzene rings is 1. The second-order valence-corrected chi connectivity index (χ2v) is 7.66. The Labute approximate surface area is 161 Å². The molecular formula is C19H21N3O4S. The lowest BCUT2D eigenvalue weighted by atomic mass is 10.1. The fourth-order valence-corrected chi connectivity index (χ4v) is 3.37. The summed E-state index contributed by atoms with van der Waals surface area (Å²) in [6.07, 6.45) is 0. The Morgan fingerprint density at radius 2 is 1.81 bits per heavy atom. The molecule has 7 nitrogen and oxygen atoms in total. The molecule has 1 heterocycles. The highest BCUT2D eigenvalue weighted by molar-refractivity contribution is 7.19. The molecule has 0 unspecified atom stereocenters. The van der Waals surface area contributed by atoms with E-state index in [-0.39, 0.29) is 4.88 Å². The molecule has 0 saturated heterocycles. The molecule has 8 heteroatoms. The van der Waals surface area contributed by atoms with Crippen LogP contribution in [0.4, 0.5) is 5.69 Å². The number of hydrogen-bond donors (Lipinski definition) is 1. The highest BCUT2D eigenvalue weighted by Gasteiger charge is 2.37. The van der Waals surface area contributed by atoms with Crippen LogP contribution in [0.1, 0.15) is 30.4 Å². The van der Waals surface area contributed by atoms with Gasteiger partial charge in [-0.25, -0.2) is 4.79 Å². The van der Waals surface area contributed by atoms with E-state index in [0.29, 0.717) is 5.69 Å². The minimum Gasteiger partial charge on any atom is -0.497 e. The summed E-state index contributed by atoms with van der Waals surface area (Å²) in [5.74, 6) is -0.961. The van der Waals surface area contributed by atoms with Gasteiger partial charge in [0.15, 0.2) is 0 Å². The smallest absolute Gasteiger partial charge is 0.447 e. The number of carbonyl (C=O) groups excluding carboxylic acids is 2. The Morgan fingerprint density at radius 3 is 2.30 bits per heavy atom. The molecule has 27 heavy (non-hydrogen) atoms. The highest BCUT2D eigenvalue weighted by atomic mass is 32.1. The fourth-order valence-electron chi connectivity index (χ4n) is 2.26. The summed E-state index contributed by atoms with van der Waals surface area (Å²) in [7, 11) is 3.25. The number of ether oxygens (including phenoxy) is 2. The average molecular weight is 387 g/mol. The first-order valence-electron chi connectivity index (χ1n) is 8.16. The Morgan fingerprint density at radius 1 is 1.19 bits per heavy atom. The van der Waals surface area contributed by atoms with Gasteiger partial charge in [0, 0.05) is 11.9 Å². The maximum Gasteiger partial charge on any atom is 0.447 e. The quantitative estimate of drug-likeness (QED) is 0.204. The zero-order chi connectivity index (χ0) is 20.2. The van der Waals surface area contributed by atoms with Crippen LogP contribution in [0.15, 0.2) is 30.3 Å². The van der Waals surface area contributed by atoms with Crippen molar-refractivity contribution >= 4 is 34.5 Å². The van der Waals surface area contributed by atoms with Crippen molar-refractivity contribution in [2.45, 2.75) is 26.4 Å². The number of anilines is 1. The van der Waals surface area contributed by atoms with Gasteiger partial charge in [0.2, 0.25) is 0 Å². The summed E-state index contributed by atoms with van der Waals surface area (Å²) >= 11 is 1.19. The van der Waals surface area contributed by atoms with Gasteiger partial charge in [-0.05, 0) is 56.7 Å². The monoisotopic (exact) mass is 387 g/mol. The Hall–Kier alpha value is -2.96. The van der Waals surface area contributed by atoms with Crippen LogP contribution in [0.5, 0.6) is 5.75 Å². The summed E-state index contributed by atoms with van der Waals surface area (Å²) in [5.41, 5.74) is 9.14. The Balaban J connectivity index is 2.39. The van der Waals surface area contributed by atoms with Crippen molar-refractivity contribution < 1.29 is 23.9 Å². The summed E-state index contributed by atoms with van der Waals surface area (Å²) in [6, 6.07) is 9.16. The van der Waals surface area contributed by atoms with Crippen LogP contribution in [-0.2, 0) is 9.53 Å². The molecule has 0 atom stereocenters. The van der Waals surface area contributed by atoms with E-state index in [4.69, 9.17) is 9.47 Å². The number of nitrogens with one attached hydrogen (secondary N) is 1. The normalized spacial score (nSPS) is 10.7. The summed E-state index contributed by atoms with van der Waals surface area (Å²) in [4.78, 5) is 28.9. The van der Waals surface area contributed by atoms with E-state index >= 15 is 0 Å². The average Bonchev–Trinajstić information content (AvgIpc) is 3.05. The standard InChI is InChI=1S/C19H21N3O4S/c1-19(2,3)26-18(24)15(22-20)16(23)17-13(21-4)10-14(27-17)11-6-8-12(25-5)9-7-11/h6-10,21H,1-5H3. The number of nitrogens with zero attached hydrogens (tertiary/aromatic N) is 2. The van der Waals surface area contributed by atoms with Gasteiger partial charge in [-0.15, -0.1) is 11.3 Å². The summed E-state index contributed by atoms with van der Waals surface area (Å²) in [5, 5.41) is 2.93. The molecule has 0 amide bonds. The van der Waals surface area contributed by atoms with Crippen molar-refractivity contribution in [3.8, 4) is 16.2 Å². The van der Waals surface area contributed by atoms with Crippen molar-refractivity contribution in [3.05, 3.63) is 40.7 Å². The lowest BCUT2D eigenvalue weighted by Gasteiger charge is -2.17. The third-order valence-corrected chi connectivity index (χ3v) is 4.67. The number of Topliss-reactive ketones (excluding diaryl/α,β-unsaturated/α-hetero) is 1. The third-order valence-electron chi connectivity index (χ3n) is 3.49. The largest absolute Gasteiger partial charge is 0.497 e. The van der Waals surface area contributed by atoms with Crippen LogP contribution in [0.3, 0.4) is 0 Å². The van der Waals surface area contributed by atoms with Crippen LogP contribution in [0.2, 0.25) is 0 Å². The number of carbonyl (C=O) groups is 2. The number of methoxy groups -OCH3 is 1. The molecule has 1 aromatic heterocycles. The second-order valence-electron chi connectivity index (χ2n) is 6.61. The molecule has 2 aromatic rings. The van der Waals surface area contributed by atoms with Crippen LogP contribution >= 0.6 is 11.3 Å². The molecule has 0 saturated carbocycles. The Bertz CT molecular complexity index is 904. The van der Waals surface area contributed by atoms with Gasteiger partial charge in [-0.2, -0.15) is 4.79 Å². The van der Waals surface area contributed by atoms with Gasteiger partial charge in [0.1, 0.15) is 16.2 Å². The first-order valence-corrected chi connectivity index (χ1v) is 8.98. The molecule has 142 valence electrons. The number of hydrogen-bond acceptors (Lipinski definition) is 6. The molecule has 0 aliphatic carbocycles. The van der Waals surface area contributed by atoms with Crippen LogP contribution < -0.4 is 10.1 Å².